The maximum absolute atomic E-state index is 12.7. The Morgan fingerprint density at radius 1 is 0.579 bits per heavy atom. The second-order valence-corrected chi connectivity index (χ2v) is 4.73. The number of hydrogen-bond donors (Lipinski definition) is 0. The summed E-state index contributed by atoms with van der Waals surface area (Å²) < 4.78 is 101. The van der Waals surface area contributed by atoms with E-state index in [0.717, 1.165) is 0 Å². The van der Waals surface area contributed by atoms with Crippen molar-refractivity contribution in [2.75, 3.05) is 0 Å². The fourth-order valence-corrected chi connectivity index (χ4v) is 3.22. The molecule has 0 aliphatic heterocycles. The van der Waals surface area contributed by atoms with Gasteiger partial charge in [-0.3, -0.25) is 0 Å². The Labute approximate surface area is 101 Å². The van der Waals surface area contributed by atoms with Gasteiger partial charge in [0.1, 0.15) is 0 Å². The molecule has 19 heavy (non-hydrogen) atoms. The van der Waals surface area contributed by atoms with Crippen molar-refractivity contribution >= 4 is 0 Å². The highest BCUT2D eigenvalue weighted by molar-refractivity contribution is 5.11. The van der Waals surface area contributed by atoms with Gasteiger partial charge in [-0.1, -0.05) is 35.9 Å². The summed E-state index contributed by atoms with van der Waals surface area (Å²) in [6, 6.07) is 0. The van der Waals surface area contributed by atoms with Crippen molar-refractivity contribution in [2.24, 2.45) is 11.8 Å². The van der Waals surface area contributed by atoms with Gasteiger partial charge in [0.25, 0.3) is 0 Å². The lowest BCUT2D eigenvalue weighted by Crippen LogP contribution is -2.61. The Hall–Kier alpha value is -0.720. The average Bonchev–Trinajstić information content (AvgIpc) is 2.83. The SMILES string of the molecule is FN(F)C1(N(F)F)C[C@H]2C[C@@H]1CC2(N(F)F)N(F)F. The summed E-state index contributed by atoms with van der Waals surface area (Å²) in [6.07, 6.45) is -2.94. The van der Waals surface area contributed by atoms with Crippen LogP contribution in [0.4, 0.5) is 35.9 Å². The van der Waals surface area contributed by atoms with E-state index >= 15 is 0 Å². The molecule has 2 fully saturated rings. The average molecular weight is 300 g/mol. The molecule has 0 N–H and O–H groups in total. The van der Waals surface area contributed by atoms with E-state index in [2.05, 4.69) is 0 Å². The lowest BCUT2D eigenvalue weighted by Gasteiger charge is -2.43. The van der Waals surface area contributed by atoms with E-state index in [1.165, 1.54) is 0 Å². The molecule has 2 bridgehead atoms. The summed E-state index contributed by atoms with van der Waals surface area (Å²) in [4.78, 5) is 0. The van der Waals surface area contributed by atoms with Gasteiger partial charge in [0.05, 0.1) is 0 Å². The van der Waals surface area contributed by atoms with E-state index in [-0.39, 0.29) is 0 Å². The van der Waals surface area contributed by atoms with Crippen LogP contribution in [-0.4, -0.2) is 32.7 Å². The van der Waals surface area contributed by atoms with Crippen molar-refractivity contribution in [1.29, 1.82) is 0 Å². The minimum absolute atomic E-state index is 0.566. The van der Waals surface area contributed by atoms with E-state index in [9.17, 15) is 35.9 Å². The number of hydrogen-bond acceptors (Lipinski definition) is 4. The van der Waals surface area contributed by atoms with Crippen LogP contribution < -0.4 is 0 Å². The summed E-state index contributed by atoms with van der Waals surface area (Å²) >= 11 is 0. The van der Waals surface area contributed by atoms with Crippen LogP contribution in [-0.2, 0) is 0 Å². The second-order valence-electron chi connectivity index (χ2n) is 4.73. The lowest BCUT2D eigenvalue weighted by molar-refractivity contribution is -0.421. The Kier molecular flexibility index (Phi) is 3.40. The van der Waals surface area contributed by atoms with Crippen molar-refractivity contribution in [3.63, 3.8) is 0 Å². The molecular weight excluding hydrogens is 292 g/mol. The van der Waals surface area contributed by atoms with Crippen LogP contribution in [0.25, 0.3) is 0 Å². The van der Waals surface area contributed by atoms with Crippen LogP contribution in [0.3, 0.4) is 0 Å². The van der Waals surface area contributed by atoms with Gasteiger partial charge in [0.15, 0.2) is 11.3 Å². The zero-order chi connectivity index (χ0) is 14.6. The highest BCUT2D eigenvalue weighted by Gasteiger charge is 2.74. The summed E-state index contributed by atoms with van der Waals surface area (Å²) in [7, 11) is 0. The molecule has 2 rings (SSSR count). The first-order chi connectivity index (χ1) is 8.69. The third-order valence-corrected chi connectivity index (χ3v) is 4.14. The van der Waals surface area contributed by atoms with Gasteiger partial charge in [-0.05, 0) is 19.3 Å². The van der Waals surface area contributed by atoms with Gasteiger partial charge in [-0.2, -0.15) is 0 Å². The molecule has 0 amide bonds. The number of nitrogens with zero attached hydrogens (tertiary/aromatic N) is 4. The molecule has 0 aromatic heterocycles. The van der Waals surface area contributed by atoms with Crippen molar-refractivity contribution in [2.45, 2.75) is 30.6 Å². The molecule has 0 unspecified atom stereocenters. The van der Waals surface area contributed by atoms with E-state index < -0.39 is 63.8 Å². The minimum atomic E-state index is -3.08. The van der Waals surface area contributed by atoms with Gasteiger partial charge in [0, 0.05) is 33.2 Å². The van der Waals surface area contributed by atoms with Gasteiger partial charge in [0.2, 0.25) is 0 Å². The molecule has 0 heterocycles. The first-order valence-corrected chi connectivity index (χ1v) is 5.16. The van der Waals surface area contributed by atoms with Crippen LogP contribution in [0.1, 0.15) is 19.3 Å². The van der Waals surface area contributed by atoms with Gasteiger partial charge in [-0.15, -0.1) is 0 Å². The topological polar surface area (TPSA) is 13.0 Å². The highest BCUT2D eigenvalue weighted by Crippen LogP contribution is 2.62. The largest absolute Gasteiger partial charge is 0.199 e. The normalized spacial score (nSPS) is 32.2. The van der Waals surface area contributed by atoms with E-state index in [1.54, 1.807) is 0 Å². The fraction of sp³-hybridized carbons (Fsp3) is 1.00. The third-order valence-electron chi connectivity index (χ3n) is 4.14. The molecule has 0 spiro atoms. The summed E-state index contributed by atoms with van der Waals surface area (Å²) in [6.45, 7) is 0. The molecule has 2 aliphatic rings. The standard InChI is InChI=1S/C7H8F8N4/c8-16(9)6(17(10)11)2-4-1-5(6)3-7(4,18(12)13)19(14)15/h4-5H,1-3H2/t4-,5-/m1/s1. The molecule has 112 valence electrons. The molecule has 0 radical (unpaired) electrons. The van der Waals surface area contributed by atoms with Crippen molar-refractivity contribution in [1.82, 2.24) is 21.4 Å². The minimum Gasteiger partial charge on any atom is -0.0993 e. The first-order valence-electron chi connectivity index (χ1n) is 5.16. The van der Waals surface area contributed by atoms with Gasteiger partial charge < -0.3 is 0 Å². The van der Waals surface area contributed by atoms with E-state index in [1.807, 2.05) is 0 Å². The Bertz CT molecular complexity index is 302. The zero-order valence-corrected chi connectivity index (χ0v) is 9.09. The van der Waals surface area contributed by atoms with Crippen molar-refractivity contribution in [3.05, 3.63) is 0 Å². The fourth-order valence-electron chi connectivity index (χ4n) is 3.22. The summed E-state index contributed by atoms with van der Waals surface area (Å²) in [5.41, 5.74) is -6.17. The van der Waals surface area contributed by atoms with Crippen LogP contribution in [0.2, 0.25) is 0 Å². The van der Waals surface area contributed by atoms with Crippen LogP contribution in [0, 0.1) is 11.8 Å². The Morgan fingerprint density at radius 3 is 1.00 bits per heavy atom. The smallest absolute Gasteiger partial charge is 0.0993 e. The van der Waals surface area contributed by atoms with Crippen molar-refractivity contribution in [3.8, 4) is 0 Å². The Balaban J connectivity index is 2.34. The molecule has 0 saturated heterocycles. The summed E-state index contributed by atoms with van der Waals surface area (Å²) in [5, 5.41) is -7.15. The predicted octanol–water partition coefficient (Wildman–Crippen LogP) is 3.09. The Morgan fingerprint density at radius 2 is 0.842 bits per heavy atom. The molecule has 0 aromatic rings. The molecule has 2 aliphatic carbocycles. The van der Waals surface area contributed by atoms with Crippen LogP contribution in [0.15, 0.2) is 0 Å². The maximum atomic E-state index is 12.7. The first kappa shape index (κ1) is 14.7. The third kappa shape index (κ3) is 1.66. The maximum Gasteiger partial charge on any atom is 0.199 e. The van der Waals surface area contributed by atoms with Crippen LogP contribution in [0.5, 0.6) is 0 Å². The van der Waals surface area contributed by atoms with E-state index in [0.29, 0.717) is 0 Å². The quantitative estimate of drug-likeness (QED) is 0.449. The molecule has 0 aromatic carbocycles. The molecule has 12 heteroatoms. The monoisotopic (exact) mass is 300 g/mol. The lowest BCUT2D eigenvalue weighted by atomic mass is 9.82. The second kappa shape index (κ2) is 4.40. The number of halogens is 8. The van der Waals surface area contributed by atoms with Crippen LogP contribution >= 0.6 is 0 Å². The highest BCUT2D eigenvalue weighted by atomic mass is 19.4. The van der Waals surface area contributed by atoms with E-state index in [4.69, 9.17) is 0 Å². The van der Waals surface area contributed by atoms with Gasteiger partial charge >= 0.3 is 0 Å². The number of rotatable bonds is 4. The molecular formula is C7H8F8N4. The number of fused-ring (bicyclic) bond motifs is 2. The predicted molar refractivity (Wildman–Crippen MR) is 42.5 cm³/mol. The molecule has 2 saturated carbocycles. The van der Waals surface area contributed by atoms with Crippen molar-refractivity contribution < 1.29 is 35.9 Å². The van der Waals surface area contributed by atoms with Gasteiger partial charge in [-0.25, -0.2) is 0 Å². The zero-order valence-electron chi connectivity index (χ0n) is 9.09. The molecule has 2 atom stereocenters. The summed E-state index contributed by atoms with van der Waals surface area (Å²) in [5.74, 6) is -3.41. The molecule has 4 nitrogen and oxygen atoms in total.